The maximum Gasteiger partial charge on any atom is 0.167 e. The normalized spacial score (nSPS) is 21.0. The second kappa shape index (κ2) is 5.32. The van der Waals surface area contributed by atoms with Gasteiger partial charge in [0, 0.05) is 17.0 Å². The Morgan fingerprint density at radius 3 is 2.71 bits per heavy atom. The molecule has 0 fully saturated rings. The fourth-order valence-electron chi connectivity index (χ4n) is 3.02. The number of carbonyl (C=O) groups excluding carboxylic acids is 1. The van der Waals surface area contributed by atoms with Gasteiger partial charge in [0.05, 0.1) is 18.5 Å². The van der Waals surface area contributed by atoms with Gasteiger partial charge in [-0.05, 0) is 36.6 Å². The maximum absolute atomic E-state index is 12.3. The van der Waals surface area contributed by atoms with Crippen LogP contribution in [0.4, 0.5) is 0 Å². The number of benzene rings is 1. The van der Waals surface area contributed by atoms with Gasteiger partial charge in [-0.2, -0.15) is 0 Å². The highest BCUT2D eigenvalue weighted by Crippen LogP contribution is 2.34. The van der Waals surface area contributed by atoms with E-state index in [1.165, 1.54) is 0 Å². The van der Waals surface area contributed by atoms with Crippen molar-refractivity contribution in [2.45, 2.75) is 26.2 Å². The van der Waals surface area contributed by atoms with Gasteiger partial charge in [-0.1, -0.05) is 26.0 Å². The number of fused-ring (bicyclic) bond motifs is 1. The van der Waals surface area contributed by atoms with Crippen LogP contribution in [0.15, 0.2) is 36.4 Å². The molecule has 0 radical (unpaired) electrons. The second-order valence-corrected chi connectivity index (χ2v) is 5.76. The number of pyridine rings is 1. The van der Waals surface area contributed by atoms with Crippen LogP contribution in [0, 0.1) is 5.92 Å². The van der Waals surface area contributed by atoms with Crippen molar-refractivity contribution >= 4 is 5.78 Å². The summed E-state index contributed by atoms with van der Waals surface area (Å²) in [4.78, 5) is 17.0. The monoisotopic (exact) mass is 281 g/mol. The average Bonchev–Trinajstić information content (AvgIpc) is 2.52. The van der Waals surface area contributed by atoms with Crippen molar-refractivity contribution in [2.75, 3.05) is 7.11 Å². The van der Waals surface area contributed by atoms with Gasteiger partial charge in [-0.15, -0.1) is 0 Å². The minimum atomic E-state index is 0.0944. The van der Waals surface area contributed by atoms with Crippen LogP contribution in [-0.4, -0.2) is 17.9 Å². The molecule has 1 aliphatic rings. The summed E-state index contributed by atoms with van der Waals surface area (Å²) < 4.78 is 5.26. The standard InChI is InChI=1S/C18H19NO2/c1-11-9-12(2)18(20)15-7-8-16(19-17(11)15)13-5-4-6-14(10-13)21-3/h4-8,10-12H,9H2,1-3H3/t11-,12+/m1/s1. The molecule has 3 rings (SSSR count). The van der Waals surface area contributed by atoms with Crippen LogP contribution >= 0.6 is 0 Å². The summed E-state index contributed by atoms with van der Waals surface area (Å²) in [6.07, 6.45) is 0.875. The molecule has 3 nitrogen and oxygen atoms in total. The second-order valence-electron chi connectivity index (χ2n) is 5.76. The number of hydrogen-bond acceptors (Lipinski definition) is 3. The van der Waals surface area contributed by atoms with E-state index in [1.807, 2.05) is 43.3 Å². The van der Waals surface area contributed by atoms with Crippen LogP contribution in [0.3, 0.4) is 0 Å². The quantitative estimate of drug-likeness (QED) is 0.832. The Hall–Kier alpha value is -2.16. The molecule has 0 spiro atoms. The number of aromatic nitrogens is 1. The van der Waals surface area contributed by atoms with Gasteiger partial charge in [0.15, 0.2) is 5.78 Å². The minimum Gasteiger partial charge on any atom is -0.497 e. The highest BCUT2D eigenvalue weighted by atomic mass is 16.5. The Morgan fingerprint density at radius 1 is 1.14 bits per heavy atom. The van der Waals surface area contributed by atoms with Crippen molar-refractivity contribution in [2.24, 2.45) is 5.92 Å². The molecule has 0 N–H and O–H groups in total. The Kier molecular flexibility index (Phi) is 3.50. The molecular formula is C18H19NO2. The lowest BCUT2D eigenvalue weighted by atomic mass is 9.80. The molecule has 0 saturated carbocycles. The molecule has 21 heavy (non-hydrogen) atoms. The maximum atomic E-state index is 12.3. The fraction of sp³-hybridized carbons (Fsp3) is 0.333. The molecule has 108 valence electrons. The van der Waals surface area contributed by atoms with Gasteiger partial charge < -0.3 is 4.74 Å². The number of ketones is 1. The summed E-state index contributed by atoms with van der Waals surface area (Å²) in [5.41, 5.74) is 3.61. The lowest BCUT2D eigenvalue weighted by Gasteiger charge is -2.25. The lowest BCUT2D eigenvalue weighted by molar-refractivity contribution is 0.0905. The lowest BCUT2D eigenvalue weighted by Crippen LogP contribution is -2.23. The zero-order chi connectivity index (χ0) is 15.0. The minimum absolute atomic E-state index is 0.0944. The van der Waals surface area contributed by atoms with Crippen LogP contribution in [0.1, 0.15) is 42.2 Å². The first-order chi connectivity index (χ1) is 10.1. The number of carbonyl (C=O) groups is 1. The smallest absolute Gasteiger partial charge is 0.167 e. The van der Waals surface area contributed by atoms with Gasteiger partial charge in [0.25, 0.3) is 0 Å². The third-order valence-corrected chi connectivity index (χ3v) is 4.18. The first-order valence-corrected chi connectivity index (χ1v) is 7.29. The highest BCUT2D eigenvalue weighted by molar-refractivity contribution is 6.00. The van der Waals surface area contributed by atoms with E-state index in [0.717, 1.165) is 34.7 Å². The predicted molar refractivity (Wildman–Crippen MR) is 82.8 cm³/mol. The van der Waals surface area contributed by atoms with Crippen molar-refractivity contribution in [3.8, 4) is 17.0 Å². The molecule has 1 aliphatic carbocycles. The van der Waals surface area contributed by atoms with Gasteiger partial charge >= 0.3 is 0 Å². The third kappa shape index (κ3) is 2.44. The molecule has 0 unspecified atom stereocenters. The SMILES string of the molecule is COc1cccc(-c2ccc3c(n2)[C@H](C)C[C@H](C)C3=O)c1. The first kappa shape index (κ1) is 13.8. The van der Waals surface area contributed by atoms with Gasteiger partial charge in [-0.25, -0.2) is 0 Å². The number of rotatable bonds is 2. The summed E-state index contributed by atoms with van der Waals surface area (Å²) in [7, 11) is 1.65. The molecule has 1 aromatic heterocycles. The molecule has 1 heterocycles. The molecule has 0 aliphatic heterocycles. The van der Waals surface area contributed by atoms with Crippen molar-refractivity contribution in [1.82, 2.24) is 4.98 Å². The summed E-state index contributed by atoms with van der Waals surface area (Å²) >= 11 is 0. The summed E-state index contributed by atoms with van der Waals surface area (Å²) in [6, 6.07) is 11.7. The molecule has 3 heteroatoms. The zero-order valence-corrected chi connectivity index (χ0v) is 12.6. The number of hydrogen-bond donors (Lipinski definition) is 0. The number of ether oxygens (including phenoxy) is 1. The molecule has 2 atom stereocenters. The Balaban J connectivity index is 2.07. The number of nitrogens with zero attached hydrogens (tertiary/aromatic N) is 1. The van der Waals surface area contributed by atoms with Crippen molar-refractivity contribution < 1.29 is 9.53 Å². The van der Waals surface area contributed by atoms with Crippen LogP contribution in [0.5, 0.6) is 5.75 Å². The average molecular weight is 281 g/mol. The van der Waals surface area contributed by atoms with Gasteiger partial charge in [0.2, 0.25) is 0 Å². The zero-order valence-electron chi connectivity index (χ0n) is 12.6. The van der Waals surface area contributed by atoms with E-state index in [1.54, 1.807) is 7.11 Å². The third-order valence-electron chi connectivity index (χ3n) is 4.18. The first-order valence-electron chi connectivity index (χ1n) is 7.29. The van der Waals surface area contributed by atoms with Crippen molar-refractivity contribution in [1.29, 1.82) is 0 Å². The molecule has 0 bridgehead atoms. The fourth-order valence-corrected chi connectivity index (χ4v) is 3.02. The predicted octanol–water partition coefficient (Wildman–Crippen LogP) is 4.08. The van der Waals surface area contributed by atoms with Crippen LogP contribution in [0.2, 0.25) is 0 Å². The Bertz CT molecular complexity index is 693. The van der Waals surface area contributed by atoms with E-state index in [9.17, 15) is 4.79 Å². The molecular weight excluding hydrogens is 262 g/mol. The van der Waals surface area contributed by atoms with E-state index in [-0.39, 0.29) is 11.7 Å². The molecule has 0 amide bonds. The highest BCUT2D eigenvalue weighted by Gasteiger charge is 2.29. The van der Waals surface area contributed by atoms with E-state index in [4.69, 9.17) is 9.72 Å². The van der Waals surface area contributed by atoms with Crippen molar-refractivity contribution in [3.05, 3.63) is 47.7 Å². The largest absolute Gasteiger partial charge is 0.497 e. The van der Waals surface area contributed by atoms with Crippen LogP contribution < -0.4 is 4.74 Å². The van der Waals surface area contributed by atoms with E-state index >= 15 is 0 Å². The summed E-state index contributed by atoms with van der Waals surface area (Å²) in [6.45, 7) is 4.14. The van der Waals surface area contributed by atoms with E-state index in [2.05, 4.69) is 6.92 Å². The van der Waals surface area contributed by atoms with Crippen molar-refractivity contribution in [3.63, 3.8) is 0 Å². The van der Waals surface area contributed by atoms with Crippen LogP contribution in [-0.2, 0) is 0 Å². The van der Waals surface area contributed by atoms with Gasteiger partial charge in [-0.3, -0.25) is 9.78 Å². The van der Waals surface area contributed by atoms with Crippen LogP contribution in [0.25, 0.3) is 11.3 Å². The van der Waals surface area contributed by atoms with Gasteiger partial charge in [0.1, 0.15) is 5.75 Å². The summed E-state index contributed by atoms with van der Waals surface area (Å²) in [5, 5.41) is 0. The molecule has 1 aromatic carbocycles. The molecule has 0 saturated heterocycles. The molecule has 2 aromatic rings. The number of Topliss-reactive ketones (excluding diaryl/α,β-unsaturated/α-hetero) is 1. The summed E-state index contributed by atoms with van der Waals surface area (Å²) in [5.74, 6) is 1.44. The Morgan fingerprint density at radius 2 is 1.95 bits per heavy atom. The number of methoxy groups -OCH3 is 1. The Labute approximate surface area is 125 Å². The topological polar surface area (TPSA) is 39.2 Å². The van der Waals surface area contributed by atoms with E-state index < -0.39 is 0 Å². The van der Waals surface area contributed by atoms with E-state index in [0.29, 0.717) is 5.92 Å².